The number of aliphatic carboxylic acids is 2. The molecule has 120 valence electrons. The van der Waals surface area contributed by atoms with Crippen molar-refractivity contribution in [3.05, 3.63) is 11.1 Å². The molecule has 0 rings (SSSR count). The molecule has 0 spiro atoms. The van der Waals surface area contributed by atoms with Gasteiger partial charge in [0.05, 0.1) is 45.9 Å². The summed E-state index contributed by atoms with van der Waals surface area (Å²) < 4.78 is 0.640. The second kappa shape index (κ2) is 8.89. The third-order valence-electron chi connectivity index (χ3n) is 2.73. The number of nitrogens with zero attached hydrogens (tertiary/aromatic N) is 1. The molecule has 1 atom stereocenters. The number of carboxylic acid groups (broad SMARTS) is 2. The van der Waals surface area contributed by atoms with E-state index >= 15 is 0 Å². The number of hydrogen-bond acceptors (Lipinski definition) is 4. The summed E-state index contributed by atoms with van der Waals surface area (Å²) in [6.45, 7) is 0.215. The van der Waals surface area contributed by atoms with Gasteiger partial charge in [0.2, 0.25) is 0 Å². The molecular weight excluding hydrogens is 297 g/mol. The van der Waals surface area contributed by atoms with Crippen LogP contribution in [0.3, 0.4) is 0 Å². The Morgan fingerprint density at radius 3 is 2.05 bits per heavy atom. The van der Waals surface area contributed by atoms with E-state index in [2.05, 4.69) is 0 Å². The monoisotopic (exact) mass is 320 g/mol. The number of hydrogen-bond donors (Lipinski definition) is 3. The standard InChI is InChI=1S/C13H22NO6P/c1-14(2,3)6-9-21(20)8-5-11(13(18)19)10(4-7-15)12(16)17/h8,15H,4-7,9H2,1-3H3,(H-,16,17,18,19)/p+1/b11-10+. The van der Waals surface area contributed by atoms with Crippen molar-refractivity contribution >= 4 is 25.5 Å². The van der Waals surface area contributed by atoms with E-state index in [4.69, 9.17) is 15.3 Å². The summed E-state index contributed by atoms with van der Waals surface area (Å²) in [5.41, 5.74) is -0.679. The predicted molar refractivity (Wildman–Crippen MR) is 79.4 cm³/mol. The first kappa shape index (κ1) is 19.7. The molecule has 0 fully saturated rings. The molecule has 3 N–H and O–H groups in total. The maximum atomic E-state index is 11.8. The van der Waals surface area contributed by atoms with E-state index in [-0.39, 0.29) is 24.0 Å². The minimum Gasteiger partial charge on any atom is -0.631 e. The zero-order valence-corrected chi connectivity index (χ0v) is 13.5. The topological polar surface area (TPSA) is 118 Å². The highest BCUT2D eigenvalue weighted by molar-refractivity contribution is 7.50. The van der Waals surface area contributed by atoms with Gasteiger partial charge >= 0.3 is 11.9 Å². The van der Waals surface area contributed by atoms with Crippen LogP contribution in [0.4, 0.5) is 0 Å². The normalized spacial score (nSPS) is 13.9. The number of quaternary nitrogens is 1. The number of aliphatic hydroxyl groups excluding tert-OH is 1. The van der Waals surface area contributed by atoms with Crippen LogP contribution < -0.4 is 4.89 Å². The summed E-state index contributed by atoms with van der Waals surface area (Å²) in [4.78, 5) is 34.0. The van der Waals surface area contributed by atoms with Crippen molar-refractivity contribution in [2.45, 2.75) is 12.8 Å². The fourth-order valence-electron chi connectivity index (χ4n) is 1.52. The Morgan fingerprint density at radius 2 is 1.67 bits per heavy atom. The largest absolute Gasteiger partial charge is 0.631 e. The first-order valence-corrected chi connectivity index (χ1v) is 7.97. The fourth-order valence-corrected chi connectivity index (χ4v) is 2.89. The van der Waals surface area contributed by atoms with Crippen molar-refractivity contribution in [1.29, 1.82) is 0 Å². The number of carboxylic acids is 2. The van der Waals surface area contributed by atoms with Crippen LogP contribution in [-0.4, -0.2) is 78.0 Å². The maximum absolute atomic E-state index is 11.8. The van der Waals surface area contributed by atoms with Gasteiger partial charge in [-0.15, -0.1) is 0 Å². The quantitative estimate of drug-likeness (QED) is 0.299. The number of rotatable bonds is 9. The summed E-state index contributed by atoms with van der Waals surface area (Å²) >= 11 is 0. The fraction of sp³-hybridized carbons (Fsp3) is 0.615. The van der Waals surface area contributed by atoms with Gasteiger partial charge in [-0.05, 0) is 0 Å². The van der Waals surface area contributed by atoms with Gasteiger partial charge in [-0.2, -0.15) is 0 Å². The molecule has 0 aromatic carbocycles. The molecule has 0 aliphatic heterocycles. The molecule has 0 bridgehead atoms. The molecule has 1 unspecified atom stereocenters. The van der Waals surface area contributed by atoms with Crippen LogP contribution in [0.25, 0.3) is 0 Å². The lowest BCUT2D eigenvalue weighted by Crippen LogP contribution is -2.36. The van der Waals surface area contributed by atoms with E-state index in [1.807, 2.05) is 21.1 Å². The second-order valence-electron chi connectivity index (χ2n) is 5.58. The molecule has 0 heterocycles. The molecule has 8 heteroatoms. The van der Waals surface area contributed by atoms with Crippen molar-refractivity contribution in [3.63, 3.8) is 0 Å². The van der Waals surface area contributed by atoms with E-state index < -0.39 is 26.3 Å². The first-order chi connectivity index (χ1) is 9.58. The Labute approximate surface area is 125 Å². The van der Waals surface area contributed by atoms with Gasteiger partial charge in [-0.3, -0.25) is 0 Å². The summed E-state index contributed by atoms with van der Waals surface area (Å²) in [6.07, 6.45) is -0.0298. The van der Waals surface area contributed by atoms with Crippen molar-refractivity contribution in [2.75, 3.05) is 40.5 Å². The Morgan fingerprint density at radius 1 is 1.14 bits per heavy atom. The Kier molecular flexibility index (Phi) is 8.36. The van der Waals surface area contributed by atoms with E-state index in [1.54, 1.807) is 0 Å². The van der Waals surface area contributed by atoms with Crippen LogP contribution >= 0.6 is 7.77 Å². The van der Waals surface area contributed by atoms with E-state index in [0.29, 0.717) is 17.2 Å². The number of aliphatic hydroxyl groups is 1. The minimum atomic E-state index is -1.70. The van der Waals surface area contributed by atoms with Gasteiger partial charge in [0.15, 0.2) is 6.16 Å². The van der Waals surface area contributed by atoms with Crippen LogP contribution in [-0.2, 0) is 9.59 Å². The summed E-state index contributed by atoms with van der Waals surface area (Å²) in [5, 5.41) is 26.9. The summed E-state index contributed by atoms with van der Waals surface area (Å²) in [5.74, 6) is -1.40. The molecular formula is C13H23NO6P+. The molecule has 0 radical (unpaired) electrons. The molecule has 0 aromatic rings. The molecule has 0 amide bonds. The first-order valence-electron chi connectivity index (χ1n) is 6.45. The molecule has 0 aliphatic rings. The van der Waals surface area contributed by atoms with Crippen LogP contribution in [0.2, 0.25) is 0 Å². The maximum Gasteiger partial charge on any atom is 0.332 e. The van der Waals surface area contributed by atoms with Gasteiger partial charge in [0.1, 0.15) is 6.54 Å². The molecule has 0 saturated carbocycles. The molecule has 7 nitrogen and oxygen atoms in total. The third kappa shape index (κ3) is 8.57. The summed E-state index contributed by atoms with van der Waals surface area (Å²) in [6, 6.07) is 0. The SMILES string of the molecule is C[N+](C)(C)CC/[P+]([O-])=C/C/C(C(=O)O)=C(/CCO)C(=O)O. The highest BCUT2D eigenvalue weighted by Gasteiger charge is 2.20. The highest BCUT2D eigenvalue weighted by Crippen LogP contribution is 2.17. The van der Waals surface area contributed by atoms with Crippen LogP contribution in [0.15, 0.2) is 11.1 Å². The Balaban J connectivity index is 5.06. The average molecular weight is 320 g/mol. The molecule has 0 aliphatic carbocycles. The van der Waals surface area contributed by atoms with E-state index in [9.17, 15) is 14.5 Å². The minimum absolute atomic E-state index is 0.191. The van der Waals surface area contributed by atoms with Gasteiger partial charge in [0.25, 0.3) is 0 Å². The van der Waals surface area contributed by atoms with Crippen LogP contribution in [0, 0.1) is 0 Å². The van der Waals surface area contributed by atoms with Crippen molar-refractivity contribution in [3.8, 4) is 0 Å². The lowest BCUT2D eigenvalue weighted by atomic mass is 10.0. The van der Waals surface area contributed by atoms with Gasteiger partial charge in [0, 0.05) is 19.4 Å². The predicted octanol–water partition coefficient (Wildman–Crippen LogP) is -0.510. The van der Waals surface area contributed by atoms with Gasteiger partial charge in [-0.1, -0.05) is 0 Å². The smallest absolute Gasteiger partial charge is 0.332 e. The molecule has 0 saturated heterocycles. The zero-order valence-electron chi connectivity index (χ0n) is 12.6. The molecule has 0 aromatic heterocycles. The van der Waals surface area contributed by atoms with Gasteiger partial charge < -0.3 is 24.7 Å². The van der Waals surface area contributed by atoms with Crippen LogP contribution in [0.1, 0.15) is 12.8 Å². The van der Waals surface area contributed by atoms with E-state index in [0.717, 1.165) is 0 Å². The second-order valence-corrected chi connectivity index (χ2v) is 7.23. The Bertz CT molecular complexity index is 450. The number of carbonyl (C=O) groups is 2. The van der Waals surface area contributed by atoms with Crippen molar-refractivity contribution < 1.29 is 34.3 Å². The van der Waals surface area contributed by atoms with Crippen molar-refractivity contribution in [1.82, 2.24) is 0 Å². The lowest BCUT2D eigenvalue weighted by molar-refractivity contribution is -0.867. The average Bonchev–Trinajstić information content (AvgIpc) is 2.33. The summed E-state index contributed by atoms with van der Waals surface area (Å²) in [7, 11) is 4.16. The highest BCUT2D eigenvalue weighted by atomic mass is 31.1. The van der Waals surface area contributed by atoms with Gasteiger partial charge in [-0.25, -0.2) is 9.59 Å². The molecule has 21 heavy (non-hydrogen) atoms. The van der Waals surface area contributed by atoms with Crippen LogP contribution in [0.5, 0.6) is 0 Å². The zero-order chi connectivity index (χ0) is 16.6. The third-order valence-corrected chi connectivity index (χ3v) is 3.96. The van der Waals surface area contributed by atoms with E-state index in [1.165, 1.54) is 5.80 Å². The Hall–Kier alpha value is -1.27. The lowest BCUT2D eigenvalue weighted by Gasteiger charge is -2.22. The van der Waals surface area contributed by atoms with Crippen molar-refractivity contribution in [2.24, 2.45) is 0 Å².